The van der Waals surface area contributed by atoms with Gasteiger partial charge in [-0.05, 0) is 49.2 Å². The van der Waals surface area contributed by atoms with Crippen LogP contribution in [-0.2, 0) is 4.74 Å². The fraction of sp³-hybridized carbons (Fsp3) is 0.261. The fourth-order valence-electron chi connectivity index (χ4n) is 3.89. The SMILES string of the molecule is COc1ccc(-c2nc(NC[C@@H]3CCCO3)nc3nn(-c4ccc(F)cc4)c(N)c23)c(F)c1. The van der Waals surface area contributed by atoms with Crippen molar-refractivity contribution in [1.29, 1.82) is 0 Å². The summed E-state index contributed by atoms with van der Waals surface area (Å²) in [4.78, 5) is 9.08. The van der Waals surface area contributed by atoms with E-state index in [0.29, 0.717) is 29.1 Å². The minimum Gasteiger partial charge on any atom is -0.497 e. The first kappa shape index (κ1) is 21.1. The largest absolute Gasteiger partial charge is 0.497 e. The van der Waals surface area contributed by atoms with E-state index >= 15 is 4.39 Å². The Morgan fingerprint density at radius 2 is 2.00 bits per heavy atom. The molecule has 2 aromatic heterocycles. The van der Waals surface area contributed by atoms with Crippen LogP contribution >= 0.6 is 0 Å². The van der Waals surface area contributed by atoms with E-state index in [1.807, 2.05) is 0 Å². The molecular weight excluding hydrogens is 430 g/mol. The zero-order valence-electron chi connectivity index (χ0n) is 17.9. The highest BCUT2D eigenvalue weighted by Crippen LogP contribution is 2.35. The molecule has 0 amide bonds. The Bertz CT molecular complexity index is 1300. The zero-order valence-corrected chi connectivity index (χ0v) is 17.9. The summed E-state index contributed by atoms with van der Waals surface area (Å²) in [5.74, 6) is -0.0171. The molecule has 0 aliphatic carbocycles. The van der Waals surface area contributed by atoms with Crippen molar-refractivity contribution in [2.24, 2.45) is 0 Å². The number of nitrogens with one attached hydrogen (secondary N) is 1. The number of fused-ring (bicyclic) bond motifs is 1. The molecular formula is C23H22F2N6O2. The molecule has 1 saturated heterocycles. The van der Waals surface area contributed by atoms with Gasteiger partial charge in [-0.15, -0.1) is 5.10 Å². The summed E-state index contributed by atoms with van der Waals surface area (Å²) in [7, 11) is 1.47. The number of nitrogen functional groups attached to an aromatic ring is 1. The molecule has 1 fully saturated rings. The topological polar surface area (TPSA) is 100 Å². The van der Waals surface area contributed by atoms with Gasteiger partial charge in [0, 0.05) is 24.8 Å². The third-order valence-electron chi connectivity index (χ3n) is 5.58. The molecule has 1 aliphatic heterocycles. The van der Waals surface area contributed by atoms with Gasteiger partial charge in [-0.2, -0.15) is 4.98 Å². The van der Waals surface area contributed by atoms with E-state index in [4.69, 9.17) is 15.2 Å². The maximum absolute atomic E-state index is 15.0. The number of halogens is 2. The third kappa shape index (κ3) is 4.05. The molecule has 3 N–H and O–H groups in total. The summed E-state index contributed by atoms with van der Waals surface area (Å²) in [6, 6.07) is 10.2. The number of nitrogens with two attached hydrogens (primary N) is 1. The molecule has 2 aromatic carbocycles. The number of benzene rings is 2. The average Bonchev–Trinajstić information content (AvgIpc) is 3.46. The molecule has 5 rings (SSSR count). The summed E-state index contributed by atoms with van der Waals surface area (Å²) in [5, 5.41) is 8.07. The Balaban J connectivity index is 1.65. The Morgan fingerprint density at radius 3 is 2.70 bits per heavy atom. The number of rotatable bonds is 6. The fourth-order valence-corrected chi connectivity index (χ4v) is 3.89. The van der Waals surface area contributed by atoms with Crippen molar-refractivity contribution in [3.05, 3.63) is 54.1 Å². The summed E-state index contributed by atoms with van der Waals surface area (Å²) >= 11 is 0. The average molecular weight is 452 g/mol. The van der Waals surface area contributed by atoms with Crippen molar-refractivity contribution in [3.8, 4) is 22.7 Å². The lowest BCUT2D eigenvalue weighted by atomic mass is 10.1. The van der Waals surface area contributed by atoms with Crippen LogP contribution in [0.25, 0.3) is 28.0 Å². The van der Waals surface area contributed by atoms with Crippen LogP contribution in [0.5, 0.6) is 5.75 Å². The van der Waals surface area contributed by atoms with Crippen LogP contribution in [0.1, 0.15) is 12.8 Å². The van der Waals surface area contributed by atoms with Gasteiger partial charge < -0.3 is 20.5 Å². The zero-order chi connectivity index (χ0) is 22.9. The minimum absolute atomic E-state index is 0.0623. The highest BCUT2D eigenvalue weighted by atomic mass is 19.1. The summed E-state index contributed by atoms with van der Waals surface area (Å²) in [5.41, 5.74) is 7.77. The van der Waals surface area contributed by atoms with Crippen LogP contribution in [0, 0.1) is 11.6 Å². The number of nitrogens with zero attached hydrogens (tertiary/aromatic N) is 4. The monoisotopic (exact) mass is 452 g/mol. The van der Waals surface area contributed by atoms with Gasteiger partial charge in [0.1, 0.15) is 23.2 Å². The van der Waals surface area contributed by atoms with E-state index in [9.17, 15) is 4.39 Å². The Hall–Kier alpha value is -3.79. The summed E-state index contributed by atoms with van der Waals surface area (Å²) < 4.78 is 40.6. The highest BCUT2D eigenvalue weighted by Gasteiger charge is 2.22. The van der Waals surface area contributed by atoms with E-state index in [0.717, 1.165) is 19.4 Å². The molecule has 10 heteroatoms. The standard InChI is InChI=1S/C23H22F2N6O2/c1-32-15-8-9-17(18(25)11-15)20-19-21(26)31(14-6-4-13(24)5-7-14)30-22(19)29-23(28-20)27-12-16-3-2-10-33-16/h4-9,11,16H,2-3,10,12,26H2,1H3,(H,27,29,30)/t16-/m0/s1. The van der Waals surface area contributed by atoms with Gasteiger partial charge >= 0.3 is 0 Å². The van der Waals surface area contributed by atoms with E-state index in [-0.39, 0.29) is 34.9 Å². The van der Waals surface area contributed by atoms with Gasteiger partial charge in [-0.1, -0.05) is 0 Å². The van der Waals surface area contributed by atoms with E-state index in [2.05, 4.69) is 20.4 Å². The molecule has 1 aliphatic rings. The smallest absolute Gasteiger partial charge is 0.225 e. The first-order chi connectivity index (χ1) is 16.0. The van der Waals surface area contributed by atoms with Crippen molar-refractivity contribution < 1.29 is 18.3 Å². The molecule has 0 saturated carbocycles. The van der Waals surface area contributed by atoms with E-state index in [1.54, 1.807) is 24.3 Å². The molecule has 0 bridgehead atoms. The Labute approximate surface area is 188 Å². The number of ether oxygens (including phenoxy) is 2. The van der Waals surface area contributed by atoms with Crippen molar-refractivity contribution in [2.45, 2.75) is 18.9 Å². The number of hydrogen-bond donors (Lipinski definition) is 2. The first-order valence-corrected chi connectivity index (χ1v) is 10.5. The number of anilines is 2. The van der Waals surface area contributed by atoms with Gasteiger partial charge in [0.2, 0.25) is 5.95 Å². The van der Waals surface area contributed by atoms with Crippen LogP contribution < -0.4 is 15.8 Å². The molecule has 3 heterocycles. The van der Waals surface area contributed by atoms with Gasteiger partial charge in [-0.25, -0.2) is 18.4 Å². The molecule has 1 atom stereocenters. The quantitative estimate of drug-likeness (QED) is 0.457. The van der Waals surface area contributed by atoms with Crippen LogP contribution in [-0.4, -0.2) is 46.1 Å². The second kappa shape index (κ2) is 8.62. The molecule has 0 radical (unpaired) electrons. The van der Waals surface area contributed by atoms with Crippen LogP contribution in [0.4, 0.5) is 20.5 Å². The van der Waals surface area contributed by atoms with Crippen molar-refractivity contribution in [1.82, 2.24) is 19.7 Å². The lowest BCUT2D eigenvalue weighted by molar-refractivity contribution is 0.120. The van der Waals surface area contributed by atoms with E-state index in [1.165, 1.54) is 30.0 Å². The van der Waals surface area contributed by atoms with E-state index < -0.39 is 5.82 Å². The van der Waals surface area contributed by atoms with Gasteiger partial charge in [0.25, 0.3) is 0 Å². The molecule has 8 nitrogen and oxygen atoms in total. The van der Waals surface area contributed by atoms with Gasteiger partial charge in [-0.3, -0.25) is 0 Å². The van der Waals surface area contributed by atoms with Crippen molar-refractivity contribution in [2.75, 3.05) is 31.3 Å². The Kier molecular flexibility index (Phi) is 5.51. The lowest BCUT2D eigenvalue weighted by Gasteiger charge is -2.12. The van der Waals surface area contributed by atoms with Gasteiger partial charge in [0.05, 0.1) is 30.0 Å². The highest BCUT2D eigenvalue weighted by molar-refractivity contribution is 5.99. The maximum Gasteiger partial charge on any atom is 0.225 e. The normalized spacial score (nSPS) is 15.8. The van der Waals surface area contributed by atoms with Crippen LogP contribution in [0.3, 0.4) is 0 Å². The number of aromatic nitrogens is 4. The predicted octanol–water partition coefficient (Wildman–Crippen LogP) is 3.94. The third-order valence-corrected chi connectivity index (χ3v) is 5.58. The molecule has 0 spiro atoms. The summed E-state index contributed by atoms with van der Waals surface area (Å²) in [6.45, 7) is 1.25. The van der Waals surface area contributed by atoms with Crippen molar-refractivity contribution in [3.63, 3.8) is 0 Å². The minimum atomic E-state index is -0.520. The molecule has 170 valence electrons. The Morgan fingerprint density at radius 1 is 1.18 bits per heavy atom. The number of hydrogen-bond acceptors (Lipinski definition) is 7. The first-order valence-electron chi connectivity index (χ1n) is 10.5. The molecule has 33 heavy (non-hydrogen) atoms. The molecule has 4 aromatic rings. The maximum atomic E-state index is 15.0. The van der Waals surface area contributed by atoms with Gasteiger partial charge in [0.15, 0.2) is 5.65 Å². The second-order valence-corrected chi connectivity index (χ2v) is 7.73. The summed E-state index contributed by atoms with van der Waals surface area (Å²) in [6.07, 6.45) is 2.02. The van der Waals surface area contributed by atoms with Crippen LogP contribution in [0.2, 0.25) is 0 Å². The number of methoxy groups -OCH3 is 1. The van der Waals surface area contributed by atoms with Crippen LogP contribution in [0.15, 0.2) is 42.5 Å². The second-order valence-electron chi connectivity index (χ2n) is 7.73. The van der Waals surface area contributed by atoms with Crippen molar-refractivity contribution >= 4 is 22.8 Å². The molecule has 0 unspecified atom stereocenters. The predicted molar refractivity (Wildman–Crippen MR) is 120 cm³/mol. The lowest BCUT2D eigenvalue weighted by Crippen LogP contribution is -2.19.